The van der Waals surface area contributed by atoms with Crippen molar-refractivity contribution in [3.05, 3.63) is 35.4 Å². The summed E-state index contributed by atoms with van der Waals surface area (Å²) in [5.74, 6) is -3.02. The first-order valence-electron chi connectivity index (χ1n) is 4.53. The fourth-order valence-electron chi connectivity index (χ4n) is 0.953. The van der Waals surface area contributed by atoms with E-state index >= 15 is 0 Å². The molecule has 0 heterocycles. The topological polar surface area (TPSA) is 38.3 Å². The van der Waals surface area contributed by atoms with Crippen LogP contribution in [0.5, 0.6) is 0 Å². The van der Waals surface area contributed by atoms with Crippen LogP contribution in [0, 0.1) is 11.6 Å². The van der Waals surface area contributed by atoms with Gasteiger partial charge < -0.3 is 0 Å². The van der Waals surface area contributed by atoms with Gasteiger partial charge in [-0.3, -0.25) is 9.63 Å². The molecule has 0 atom stereocenters. The molecule has 3 nitrogen and oxygen atoms in total. The van der Waals surface area contributed by atoms with Crippen LogP contribution in [0.1, 0.15) is 23.7 Å². The molecule has 0 aliphatic carbocycles. The second-order valence-electron chi connectivity index (χ2n) is 2.88. The molecular formula is C10H11F2NO2. The summed E-state index contributed by atoms with van der Waals surface area (Å²) >= 11 is 0. The van der Waals surface area contributed by atoms with Gasteiger partial charge >= 0.3 is 0 Å². The summed E-state index contributed by atoms with van der Waals surface area (Å²) in [5.41, 5.74) is 1.65. The standard InChI is InChI=1S/C10H11F2NO2/c1-2-6-15-13-10(14)7-4-3-5-8(11)9(7)12/h3-5H,2,6H2,1H3,(H,13,14). The molecule has 1 rings (SSSR count). The summed E-state index contributed by atoms with van der Waals surface area (Å²) in [6, 6.07) is 3.38. The second kappa shape index (κ2) is 5.41. The Morgan fingerprint density at radius 3 is 2.87 bits per heavy atom. The number of hydroxylamine groups is 1. The van der Waals surface area contributed by atoms with Gasteiger partial charge in [-0.2, -0.15) is 0 Å². The number of halogens is 2. The van der Waals surface area contributed by atoms with Gasteiger partial charge in [-0.15, -0.1) is 0 Å². The van der Waals surface area contributed by atoms with E-state index in [4.69, 9.17) is 4.84 Å². The van der Waals surface area contributed by atoms with E-state index < -0.39 is 17.5 Å². The lowest BCUT2D eigenvalue weighted by molar-refractivity contribution is 0.0311. The molecule has 0 bridgehead atoms. The van der Waals surface area contributed by atoms with Crippen molar-refractivity contribution in [2.45, 2.75) is 13.3 Å². The molecule has 0 spiro atoms. The smallest absolute Gasteiger partial charge is 0.273 e. The van der Waals surface area contributed by atoms with Gasteiger partial charge in [-0.05, 0) is 18.6 Å². The number of carbonyl (C=O) groups excluding carboxylic acids is 1. The maximum Gasteiger partial charge on any atom is 0.277 e. The van der Waals surface area contributed by atoms with Crippen molar-refractivity contribution in [1.82, 2.24) is 5.48 Å². The van der Waals surface area contributed by atoms with Crippen LogP contribution in [0.3, 0.4) is 0 Å². The molecule has 0 unspecified atom stereocenters. The minimum atomic E-state index is -1.17. The van der Waals surface area contributed by atoms with Gasteiger partial charge in [-0.25, -0.2) is 14.3 Å². The lowest BCUT2D eigenvalue weighted by Gasteiger charge is -2.05. The molecule has 1 aromatic carbocycles. The molecule has 0 aromatic heterocycles. The molecule has 0 fully saturated rings. The number of hydrogen-bond acceptors (Lipinski definition) is 2. The van der Waals surface area contributed by atoms with Gasteiger partial charge in [0.1, 0.15) is 0 Å². The predicted molar refractivity (Wildman–Crippen MR) is 50.1 cm³/mol. The molecule has 15 heavy (non-hydrogen) atoms. The lowest BCUT2D eigenvalue weighted by Crippen LogP contribution is -2.25. The molecule has 0 saturated carbocycles. The number of rotatable bonds is 4. The summed E-state index contributed by atoms with van der Waals surface area (Å²) in [6.45, 7) is 2.18. The van der Waals surface area contributed by atoms with Gasteiger partial charge in [0.25, 0.3) is 5.91 Å². The zero-order valence-corrected chi connectivity index (χ0v) is 8.22. The van der Waals surface area contributed by atoms with E-state index in [0.29, 0.717) is 13.0 Å². The van der Waals surface area contributed by atoms with E-state index in [9.17, 15) is 13.6 Å². The molecule has 0 saturated heterocycles. The van der Waals surface area contributed by atoms with E-state index in [-0.39, 0.29) is 5.56 Å². The average Bonchev–Trinajstić information content (AvgIpc) is 2.22. The quantitative estimate of drug-likeness (QED) is 0.616. The number of hydrogen-bond donors (Lipinski definition) is 1. The number of nitrogens with one attached hydrogen (secondary N) is 1. The van der Waals surface area contributed by atoms with Gasteiger partial charge in [0.05, 0.1) is 12.2 Å². The third kappa shape index (κ3) is 2.99. The van der Waals surface area contributed by atoms with Gasteiger partial charge in [0.15, 0.2) is 11.6 Å². The molecule has 0 aliphatic heterocycles. The average molecular weight is 215 g/mol. The third-order valence-corrected chi connectivity index (χ3v) is 1.67. The van der Waals surface area contributed by atoms with Crippen LogP contribution in [-0.2, 0) is 4.84 Å². The van der Waals surface area contributed by atoms with Crippen molar-refractivity contribution in [3.63, 3.8) is 0 Å². The van der Waals surface area contributed by atoms with Crippen LogP contribution in [0.25, 0.3) is 0 Å². The Kier molecular flexibility index (Phi) is 4.17. The fourth-order valence-corrected chi connectivity index (χ4v) is 0.953. The minimum Gasteiger partial charge on any atom is -0.273 e. The van der Waals surface area contributed by atoms with Crippen LogP contribution in [0.4, 0.5) is 8.78 Å². The Hall–Kier alpha value is -1.49. The summed E-state index contributed by atoms with van der Waals surface area (Å²) < 4.78 is 25.8. The Balaban J connectivity index is 2.69. The summed E-state index contributed by atoms with van der Waals surface area (Å²) in [7, 11) is 0. The van der Waals surface area contributed by atoms with Gasteiger partial charge in [0.2, 0.25) is 0 Å². The second-order valence-corrected chi connectivity index (χ2v) is 2.88. The third-order valence-electron chi connectivity index (χ3n) is 1.67. The highest BCUT2D eigenvalue weighted by molar-refractivity contribution is 5.93. The molecular weight excluding hydrogens is 204 g/mol. The molecule has 0 aliphatic rings. The van der Waals surface area contributed by atoms with Crippen molar-refractivity contribution in [3.8, 4) is 0 Å². The van der Waals surface area contributed by atoms with Crippen molar-refractivity contribution in [1.29, 1.82) is 0 Å². The van der Waals surface area contributed by atoms with Crippen molar-refractivity contribution < 1.29 is 18.4 Å². The predicted octanol–water partition coefficient (Wildman–Crippen LogP) is 2.04. The Bertz CT molecular complexity index is 355. The number of amides is 1. The van der Waals surface area contributed by atoms with Crippen molar-refractivity contribution >= 4 is 5.91 Å². The van der Waals surface area contributed by atoms with E-state index in [1.54, 1.807) is 0 Å². The highest BCUT2D eigenvalue weighted by Gasteiger charge is 2.14. The molecule has 1 aromatic rings. The first-order valence-corrected chi connectivity index (χ1v) is 4.53. The summed E-state index contributed by atoms with van der Waals surface area (Å²) in [6.07, 6.45) is 0.714. The highest BCUT2D eigenvalue weighted by Crippen LogP contribution is 2.10. The largest absolute Gasteiger partial charge is 0.277 e. The van der Waals surface area contributed by atoms with E-state index in [0.717, 1.165) is 6.07 Å². The summed E-state index contributed by atoms with van der Waals surface area (Å²) in [4.78, 5) is 16.0. The van der Waals surface area contributed by atoms with Crippen LogP contribution >= 0.6 is 0 Å². The molecule has 0 radical (unpaired) electrons. The normalized spacial score (nSPS) is 10.1. The van der Waals surface area contributed by atoms with Crippen LogP contribution < -0.4 is 5.48 Å². The lowest BCUT2D eigenvalue weighted by atomic mass is 10.2. The van der Waals surface area contributed by atoms with E-state index in [1.165, 1.54) is 12.1 Å². The zero-order chi connectivity index (χ0) is 11.3. The summed E-state index contributed by atoms with van der Waals surface area (Å²) in [5, 5.41) is 0. The Morgan fingerprint density at radius 2 is 2.20 bits per heavy atom. The SMILES string of the molecule is CCCONC(=O)c1cccc(F)c1F. The van der Waals surface area contributed by atoms with Crippen LogP contribution in [0.2, 0.25) is 0 Å². The first kappa shape index (κ1) is 11.6. The molecule has 82 valence electrons. The number of carbonyl (C=O) groups is 1. The Morgan fingerprint density at radius 1 is 1.47 bits per heavy atom. The molecule has 5 heteroatoms. The minimum absolute atomic E-state index is 0.322. The van der Waals surface area contributed by atoms with Crippen LogP contribution in [-0.4, -0.2) is 12.5 Å². The highest BCUT2D eigenvalue weighted by atomic mass is 19.2. The molecule has 1 N–H and O–H groups in total. The van der Waals surface area contributed by atoms with E-state index in [2.05, 4.69) is 0 Å². The first-order chi connectivity index (χ1) is 7.16. The van der Waals surface area contributed by atoms with E-state index in [1.807, 2.05) is 12.4 Å². The van der Waals surface area contributed by atoms with Crippen LogP contribution in [0.15, 0.2) is 18.2 Å². The van der Waals surface area contributed by atoms with Gasteiger partial charge in [-0.1, -0.05) is 13.0 Å². The fraction of sp³-hybridized carbons (Fsp3) is 0.300. The Labute approximate surface area is 86.0 Å². The maximum atomic E-state index is 13.1. The van der Waals surface area contributed by atoms with Crippen molar-refractivity contribution in [2.24, 2.45) is 0 Å². The van der Waals surface area contributed by atoms with Gasteiger partial charge in [0, 0.05) is 0 Å². The van der Waals surface area contributed by atoms with Crippen molar-refractivity contribution in [2.75, 3.05) is 6.61 Å². The monoisotopic (exact) mass is 215 g/mol. The zero-order valence-electron chi connectivity index (χ0n) is 8.22. The maximum absolute atomic E-state index is 13.1. The number of benzene rings is 1. The molecule has 1 amide bonds.